The quantitative estimate of drug-likeness (QED) is 0.900. The third-order valence-corrected chi connectivity index (χ3v) is 3.83. The Morgan fingerprint density at radius 2 is 2.35 bits per heavy atom. The number of hydrogen-bond acceptors (Lipinski definition) is 3. The van der Waals surface area contributed by atoms with Crippen molar-refractivity contribution in [2.75, 3.05) is 13.2 Å². The van der Waals surface area contributed by atoms with Crippen molar-refractivity contribution in [2.45, 2.75) is 39.3 Å². The minimum Gasteiger partial charge on any atom is -0.393 e. The van der Waals surface area contributed by atoms with E-state index in [1.807, 2.05) is 18.5 Å². The molecule has 1 aromatic heterocycles. The normalized spacial score (nSPS) is 25.2. The molecule has 2 heterocycles. The number of aryl methyl sites for hydroxylation is 2. The highest BCUT2D eigenvalue weighted by atomic mass is 35.5. The Hall–Kier alpha value is -0.580. The van der Waals surface area contributed by atoms with Gasteiger partial charge in [-0.3, -0.25) is 4.68 Å². The van der Waals surface area contributed by atoms with E-state index in [1.165, 1.54) is 0 Å². The summed E-state index contributed by atoms with van der Waals surface area (Å²) in [5.74, 6) is 0.127. The fraction of sp³-hybridized carbons (Fsp3) is 0.750. The van der Waals surface area contributed by atoms with Gasteiger partial charge in [-0.2, -0.15) is 5.10 Å². The molecule has 96 valence electrons. The van der Waals surface area contributed by atoms with Crippen LogP contribution in [0.4, 0.5) is 0 Å². The Morgan fingerprint density at radius 1 is 1.59 bits per heavy atom. The number of halogens is 1. The van der Waals surface area contributed by atoms with Gasteiger partial charge in [-0.05, 0) is 26.7 Å². The van der Waals surface area contributed by atoms with Crippen LogP contribution in [0.3, 0.4) is 0 Å². The molecule has 4 nitrogen and oxygen atoms in total. The molecule has 5 heteroatoms. The first-order valence-corrected chi connectivity index (χ1v) is 6.48. The SMILES string of the molecule is CCn1nc(C)c(Cl)c1CC1COCCC1O. The van der Waals surface area contributed by atoms with Gasteiger partial charge in [0.25, 0.3) is 0 Å². The monoisotopic (exact) mass is 258 g/mol. The molecule has 0 amide bonds. The molecule has 1 fully saturated rings. The van der Waals surface area contributed by atoms with Crippen LogP contribution in [0.2, 0.25) is 5.02 Å². The van der Waals surface area contributed by atoms with Gasteiger partial charge in [0, 0.05) is 19.1 Å². The Kier molecular flexibility index (Phi) is 4.07. The van der Waals surface area contributed by atoms with Gasteiger partial charge in [-0.25, -0.2) is 0 Å². The summed E-state index contributed by atoms with van der Waals surface area (Å²) in [5, 5.41) is 15.0. The van der Waals surface area contributed by atoms with Gasteiger partial charge in [-0.15, -0.1) is 0 Å². The maximum absolute atomic E-state index is 9.94. The molecule has 0 radical (unpaired) electrons. The first-order chi connectivity index (χ1) is 8.13. The molecule has 2 rings (SSSR count). The third-order valence-electron chi connectivity index (χ3n) is 3.34. The predicted molar refractivity (Wildman–Crippen MR) is 66.3 cm³/mol. The Balaban J connectivity index is 2.16. The number of aromatic nitrogens is 2. The molecule has 0 aromatic carbocycles. The molecule has 1 saturated heterocycles. The van der Waals surface area contributed by atoms with Gasteiger partial charge < -0.3 is 9.84 Å². The highest BCUT2D eigenvalue weighted by Crippen LogP contribution is 2.26. The zero-order valence-electron chi connectivity index (χ0n) is 10.3. The molecule has 0 spiro atoms. The topological polar surface area (TPSA) is 47.3 Å². The minimum absolute atomic E-state index is 0.127. The highest BCUT2D eigenvalue weighted by Gasteiger charge is 2.26. The summed E-state index contributed by atoms with van der Waals surface area (Å²) in [7, 11) is 0. The lowest BCUT2D eigenvalue weighted by Gasteiger charge is -2.27. The Bertz CT molecular complexity index is 392. The third kappa shape index (κ3) is 2.64. The molecule has 1 aliphatic heterocycles. The number of nitrogens with zero attached hydrogens (tertiary/aromatic N) is 2. The van der Waals surface area contributed by atoms with E-state index < -0.39 is 0 Å². The van der Waals surface area contributed by atoms with E-state index in [2.05, 4.69) is 5.10 Å². The van der Waals surface area contributed by atoms with E-state index in [9.17, 15) is 5.11 Å². The second-order valence-electron chi connectivity index (χ2n) is 4.56. The Labute approximate surface area is 107 Å². The van der Waals surface area contributed by atoms with Crippen molar-refractivity contribution in [2.24, 2.45) is 5.92 Å². The zero-order chi connectivity index (χ0) is 12.4. The van der Waals surface area contributed by atoms with Crippen LogP contribution in [-0.2, 0) is 17.7 Å². The average molecular weight is 259 g/mol. The van der Waals surface area contributed by atoms with Crippen LogP contribution in [0.1, 0.15) is 24.7 Å². The lowest BCUT2D eigenvalue weighted by atomic mass is 9.93. The molecule has 0 aliphatic carbocycles. The summed E-state index contributed by atoms with van der Waals surface area (Å²) >= 11 is 6.25. The molecule has 1 aliphatic rings. The zero-order valence-corrected chi connectivity index (χ0v) is 11.1. The molecule has 0 bridgehead atoms. The molecular formula is C12H19ClN2O2. The molecule has 2 unspecified atom stereocenters. The van der Waals surface area contributed by atoms with Crippen LogP contribution in [0, 0.1) is 12.8 Å². The van der Waals surface area contributed by atoms with Crippen molar-refractivity contribution in [3.05, 3.63) is 16.4 Å². The largest absolute Gasteiger partial charge is 0.393 e. The molecule has 0 saturated carbocycles. The van der Waals surface area contributed by atoms with E-state index >= 15 is 0 Å². The van der Waals surface area contributed by atoms with Crippen molar-refractivity contribution in [3.8, 4) is 0 Å². The molecule has 2 atom stereocenters. The van der Waals surface area contributed by atoms with Crippen molar-refractivity contribution in [1.82, 2.24) is 9.78 Å². The minimum atomic E-state index is -0.291. The maximum Gasteiger partial charge on any atom is 0.0847 e. The van der Waals surface area contributed by atoms with Crippen LogP contribution in [0.5, 0.6) is 0 Å². The van der Waals surface area contributed by atoms with Gasteiger partial charge in [-0.1, -0.05) is 11.6 Å². The van der Waals surface area contributed by atoms with Gasteiger partial charge in [0.05, 0.1) is 29.1 Å². The summed E-state index contributed by atoms with van der Waals surface area (Å²) < 4.78 is 7.33. The first kappa shape index (κ1) is 12.9. The summed E-state index contributed by atoms with van der Waals surface area (Å²) in [5.41, 5.74) is 1.87. The van der Waals surface area contributed by atoms with Gasteiger partial charge in [0.1, 0.15) is 0 Å². The lowest BCUT2D eigenvalue weighted by Crippen LogP contribution is -2.33. The average Bonchev–Trinajstić information content (AvgIpc) is 2.59. The van der Waals surface area contributed by atoms with E-state index in [-0.39, 0.29) is 12.0 Å². The Morgan fingerprint density at radius 3 is 3.00 bits per heavy atom. The molecular weight excluding hydrogens is 240 g/mol. The standard InChI is InChI=1S/C12H19ClN2O2/c1-3-15-10(12(13)8(2)14-15)6-9-7-17-5-4-11(9)16/h9,11,16H,3-7H2,1-2H3. The van der Waals surface area contributed by atoms with Crippen LogP contribution >= 0.6 is 11.6 Å². The number of aliphatic hydroxyl groups is 1. The smallest absolute Gasteiger partial charge is 0.0847 e. The fourth-order valence-corrected chi connectivity index (χ4v) is 2.51. The van der Waals surface area contributed by atoms with Crippen molar-refractivity contribution in [3.63, 3.8) is 0 Å². The number of rotatable bonds is 3. The van der Waals surface area contributed by atoms with Crippen LogP contribution < -0.4 is 0 Å². The van der Waals surface area contributed by atoms with Crippen molar-refractivity contribution >= 4 is 11.6 Å². The van der Waals surface area contributed by atoms with Gasteiger partial charge in [0.15, 0.2) is 0 Å². The molecule has 1 aromatic rings. The number of aliphatic hydroxyl groups excluding tert-OH is 1. The van der Waals surface area contributed by atoms with Crippen LogP contribution in [0.25, 0.3) is 0 Å². The van der Waals surface area contributed by atoms with Gasteiger partial charge in [0.2, 0.25) is 0 Å². The van der Waals surface area contributed by atoms with Crippen molar-refractivity contribution in [1.29, 1.82) is 0 Å². The number of hydrogen-bond donors (Lipinski definition) is 1. The maximum atomic E-state index is 9.94. The van der Waals surface area contributed by atoms with E-state index in [0.717, 1.165) is 29.4 Å². The number of ether oxygens (including phenoxy) is 1. The van der Waals surface area contributed by atoms with E-state index in [4.69, 9.17) is 16.3 Å². The summed E-state index contributed by atoms with van der Waals surface area (Å²) in [6.07, 6.45) is 1.15. The van der Waals surface area contributed by atoms with Crippen molar-refractivity contribution < 1.29 is 9.84 Å². The fourth-order valence-electron chi connectivity index (χ4n) is 2.29. The van der Waals surface area contributed by atoms with E-state index in [1.54, 1.807) is 0 Å². The molecule has 17 heavy (non-hydrogen) atoms. The summed E-state index contributed by atoms with van der Waals surface area (Å²) in [4.78, 5) is 0. The van der Waals surface area contributed by atoms with Crippen LogP contribution in [-0.4, -0.2) is 34.2 Å². The lowest BCUT2D eigenvalue weighted by molar-refractivity contribution is -0.0356. The van der Waals surface area contributed by atoms with Crippen LogP contribution in [0.15, 0.2) is 0 Å². The summed E-state index contributed by atoms with van der Waals surface area (Å²) in [6, 6.07) is 0. The second kappa shape index (κ2) is 5.38. The second-order valence-corrected chi connectivity index (χ2v) is 4.93. The first-order valence-electron chi connectivity index (χ1n) is 6.11. The predicted octanol–water partition coefficient (Wildman–Crippen LogP) is 1.80. The highest BCUT2D eigenvalue weighted by molar-refractivity contribution is 6.31. The van der Waals surface area contributed by atoms with Gasteiger partial charge >= 0.3 is 0 Å². The molecule has 1 N–H and O–H groups in total. The summed E-state index contributed by atoms with van der Waals surface area (Å²) in [6.45, 7) is 6.00. The van der Waals surface area contributed by atoms with E-state index in [0.29, 0.717) is 19.6 Å².